The van der Waals surface area contributed by atoms with Crippen molar-refractivity contribution in [2.45, 2.75) is 52.2 Å². The Morgan fingerprint density at radius 3 is 2.16 bits per heavy atom. The van der Waals surface area contributed by atoms with Crippen LogP contribution in [-0.4, -0.2) is 55.9 Å². The maximum atomic E-state index is 11.4. The van der Waals surface area contributed by atoms with E-state index in [1.54, 1.807) is 0 Å². The van der Waals surface area contributed by atoms with Crippen molar-refractivity contribution in [3.63, 3.8) is 0 Å². The second kappa shape index (κ2) is 7.70. The van der Waals surface area contributed by atoms with Crippen LogP contribution in [0.2, 0.25) is 0 Å². The van der Waals surface area contributed by atoms with Crippen LogP contribution in [0, 0.1) is 0 Å². The number of alkyl carbamates (subject to hydrolysis) is 1. The first-order chi connectivity index (χ1) is 8.54. The van der Waals surface area contributed by atoms with E-state index >= 15 is 0 Å². The molecule has 0 heterocycles. The number of nitrogens with one attached hydrogen (secondary N) is 2. The van der Waals surface area contributed by atoms with Gasteiger partial charge in [-0.05, 0) is 61.7 Å². The molecule has 19 heavy (non-hydrogen) atoms. The maximum absolute atomic E-state index is 11.4. The van der Waals surface area contributed by atoms with Gasteiger partial charge < -0.3 is 20.3 Å². The van der Waals surface area contributed by atoms with Crippen LogP contribution in [-0.2, 0) is 4.74 Å². The molecule has 0 aliphatic rings. The summed E-state index contributed by atoms with van der Waals surface area (Å²) in [5, 5.41) is 6.14. The van der Waals surface area contributed by atoms with E-state index < -0.39 is 5.60 Å². The number of amides is 1. The van der Waals surface area contributed by atoms with Gasteiger partial charge >= 0.3 is 6.09 Å². The topological polar surface area (TPSA) is 53.6 Å². The van der Waals surface area contributed by atoms with Crippen LogP contribution in [0.5, 0.6) is 0 Å². The molecule has 0 saturated heterocycles. The largest absolute Gasteiger partial charge is 0.444 e. The molecule has 0 radical (unpaired) electrons. The summed E-state index contributed by atoms with van der Waals surface area (Å²) in [7, 11) is 4.15. The molecule has 0 aromatic rings. The Morgan fingerprint density at radius 2 is 1.68 bits per heavy atom. The predicted octanol–water partition coefficient (Wildman–Crippen LogP) is 1.83. The average Bonchev–Trinajstić information content (AvgIpc) is 2.20. The summed E-state index contributed by atoms with van der Waals surface area (Å²) in [5.41, 5.74) is -0.295. The number of hydrogen-bond donors (Lipinski definition) is 2. The van der Waals surface area contributed by atoms with Crippen LogP contribution >= 0.6 is 0 Å². The van der Waals surface area contributed by atoms with E-state index in [0.29, 0.717) is 6.54 Å². The fourth-order valence-electron chi connectivity index (χ4n) is 1.27. The van der Waals surface area contributed by atoms with E-state index in [1.807, 2.05) is 20.8 Å². The van der Waals surface area contributed by atoms with Gasteiger partial charge in [0.05, 0.1) is 0 Å². The Hall–Kier alpha value is -0.810. The van der Waals surface area contributed by atoms with E-state index in [0.717, 1.165) is 19.5 Å². The number of likely N-dealkylation sites (N-methyl/N-ethyl adjacent to an activating group) is 1. The third-order valence-corrected chi connectivity index (χ3v) is 2.97. The summed E-state index contributed by atoms with van der Waals surface area (Å²) < 4.78 is 5.15. The minimum atomic E-state index is -0.432. The highest BCUT2D eigenvalue weighted by molar-refractivity contribution is 5.67. The molecule has 0 aliphatic carbocycles. The number of rotatable bonds is 7. The predicted molar refractivity (Wildman–Crippen MR) is 79.5 cm³/mol. The van der Waals surface area contributed by atoms with Crippen molar-refractivity contribution < 1.29 is 9.53 Å². The van der Waals surface area contributed by atoms with Gasteiger partial charge in [0.15, 0.2) is 0 Å². The van der Waals surface area contributed by atoms with Gasteiger partial charge in [0.1, 0.15) is 5.60 Å². The molecule has 1 amide bonds. The molecule has 0 fully saturated rings. The first kappa shape index (κ1) is 18.2. The van der Waals surface area contributed by atoms with Crippen molar-refractivity contribution in [2.75, 3.05) is 33.7 Å². The molecule has 0 aromatic carbocycles. The lowest BCUT2D eigenvalue weighted by molar-refractivity contribution is 0.0527. The quantitative estimate of drug-likeness (QED) is 0.695. The van der Waals surface area contributed by atoms with Crippen molar-refractivity contribution >= 4 is 6.09 Å². The van der Waals surface area contributed by atoms with E-state index in [9.17, 15) is 4.79 Å². The minimum Gasteiger partial charge on any atom is -0.444 e. The second-order valence-corrected chi connectivity index (χ2v) is 6.67. The zero-order valence-electron chi connectivity index (χ0n) is 13.6. The average molecular weight is 273 g/mol. The number of carbonyl (C=O) groups is 1. The molecule has 5 nitrogen and oxygen atoms in total. The molecule has 0 unspecified atom stereocenters. The Balaban J connectivity index is 3.59. The number of carbonyl (C=O) groups excluding carboxylic acids is 1. The molecule has 114 valence electrons. The molecule has 0 spiro atoms. The van der Waals surface area contributed by atoms with Crippen molar-refractivity contribution in [1.82, 2.24) is 15.5 Å². The Bertz CT molecular complexity index is 270. The fraction of sp³-hybridized carbons (Fsp3) is 0.929. The van der Waals surface area contributed by atoms with Gasteiger partial charge in [0.2, 0.25) is 0 Å². The van der Waals surface area contributed by atoms with E-state index in [2.05, 4.69) is 43.5 Å². The van der Waals surface area contributed by atoms with Crippen LogP contribution in [0.1, 0.15) is 41.0 Å². The Morgan fingerprint density at radius 1 is 1.11 bits per heavy atom. The van der Waals surface area contributed by atoms with Gasteiger partial charge in [-0.1, -0.05) is 0 Å². The summed E-state index contributed by atoms with van der Waals surface area (Å²) in [6.45, 7) is 12.4. The smallest absolute Gasteiger partial charge is 0.407 e. The van der Waals surface area contributed by atoms with E-state index in [-0.39, 0.29) is 11.6 Å². The molecule has 0 bridgehead atoms. The SMILES string of the molecule is CN(C)C(C)(C)CNCCCNC(=O)OC(C)(C)C. The van der Waals surface area contributed by atoms with Gasteiger partial charge in [-0.3, -0.25) is 0 Å². The van der Waals surface area contributed by atoms with Gasteiger partial charge in [-0.25, -0.2) is 4.79 Å². The molecular weight excluding hydrogens is 242 g/mol. The van der Waals surface area contributed by atoms with E-state index in [1.165, 1.54) is 0 Å². The minimum absolute atomic E-state index is 0.137. The van der Waals surface area contributed by atoms with Crippen molar-refractivity contribution in [1.29, 1.82) is 0 Å². The molecule has 0 atom stereocenters. The van der Waals surface area contributed by atoms with Gasteiger partial charge in [-0.2, -0.15) is 0 Å². The van der Waals surface area contributed by atoms with Gasteiger partial charge in [-0.15, -0.1) is 0 Å². The highest BCUT2D eigenvalue weighted by Crippen LogP contribution is 2.07. The molecule has 0 saturated carbocycles. The second-order valence-electron chi connectivity index (χ2n) is 6.67. The zero-order chi connectivity index (χ0) is 15.1. The Labute approximate surface area is 118 Å². The lowest BCUT2D eigenvalue weighted by Gasteiger charge is -2.32. The highest BCUT2D eigenvalue weighted by Gasteiger charge is 2.19. The first-order valence-electron chi connectivity index (χ1n) is 6.89. The van der Waals surface area contributed by atoms with Crippen LogP contribution < -0.4 is 10.6 Å². The summed E-state index contributed by atoms with van der Waals surface area (Å²) in [6.07, 6.45) is 0.545. The maximum Gasteiger partial charge on any atom is 0.407 e. The standard InChI is InChI=1S/C14H31N3O2/c1-13(2,3)19-12(18)16-10-8-9-15-11-14(4,5)17(6)7/h15H,8-11H2,1-7H3,(H,16,18). The lowest BCUT2D eigenvalue weighted by Crippen LogP contribution is -2.47. The first-order valence-corrected chi connectivity index (χ1v) is 6.89. The summed E-state index contributed by atoms with van der Waals surface area (Å²) >= 11 is 0. The summed E-state index contributed by atoms with van der Waals surface area (Å²) in [5.74, 6) is 0. The molecule has 5 heteroatoms. The van der Waals surface area contributed by atoms with Gasteiger partial charge in [0, 0.05) is 18.6 Å². The normalized spacial score (nSPS) is 12.6. The number of hydrogen-bond acceptors (Lipinski definition) is 4. The van der Waals surface area contributed by atoms with Crippen LogP contribution in [0.4, 0.5) is 4.79 Å². The molecule has 2 N–H and O–H groups in total. The van der Waals surface area contributed by atoms with Crippen LogP contribution in [0.15, 0.2) is 0 Å². The van der Waals surface area contributed by atoms with Crippen molar-refractivity contribution in [2.24, 2.45) is 0 Å². The van der Waals surface area contributed by atoms with E-state index in [4.69, 9.17) is 4.74 Å². The molecule has 0 rings (SSSR count). The number of nitrogens with zero attached hydrogens (tertiary/aromatic N) is 1. The zero-order valence-corrected chi connectivity index (χ0v) is 13.6. The molecular formula is C14H31N3O2. The molecule has 0 aliphatic heterocycles. The van der Waals surface area contributed by atoms with Crippen LogP contribution in [0.3, 0.4) is 0 Å². The molecule has 0 aromatic heterocycles. The van der Waals surface area contributed by atoms with Crippen molar-refractivity contribution in [3.05, 3.63) is 0 Å². The van der Waals surface area contributed by atoms with Crippen molar-refractivity contribution in [3.8, 4) is 0 Å². The van der Waals surface area contributed by atoms with Crippen LogP contribution in [0.25, 0.3) is 0 Å². The summed E-state index contributed by atoms with van der Waals surface area (Å²) in [6, 6.07) is 0. The lowest BCUT2D eigenvalue weighted by atomic mass is 10.0. The number of ether oxygens (including phenoxy) is 1. The van der Waals surface area contributed by atoms with Gasteiger partial charge in [0.25, 0.3) is 0 Å². The summed E-state index contributed by atoms with van der Waals surface area (Å²) in [4.78, 5) is 13.6. The fourth-order valence-corrected chi connectivity index (χ4v) is 1.27. The Kier molecular flexibility index (Phi) is 7.37. The highest BCUT2D eigenvalue weighted by atomic mass is 16.6. The third-order valence-electron chi connectivity index (χ3n) is 2.97. The monoisotopic (exact) mass is 273 g/mol. The third kappa shape index (κ3) is 9.73.